The van der Waals surface area contributed by atoms with Gasteiger partial charge < -0.3 is 4.74 Å². The topological polar surface area (TPSA) is 22.1 Å². The van der Waals surface area contributed by atoms with E-state index in [0.717, 1.165) is 12.0 Å². The molecule has 1 aromatic heterocycles. The van der Waals surface area contributed by atoms with Gasteiger partial charge in [-0.3, -0.25) is 0 Å². The third kappa shape index (κ3) is 1.83. The second-order valence-corrected chi connectivity index (χ2v) is 4.90. The van der Waals surface area contributed by atoms with Crippen LogP contribution in [0.25, 0.3) is 0 Å². The van der Waals surface area contributed by atoms with E-state index in [1.165, 1.54) is 37.9 Å². The van der Waals surface area contributed by atoms with Gasteiger partial charge in [0.1, 0.15) is 5.75 Å². The molecule has 15 heavy (non-hydrogen) atoms. The van der Waals surface area contributed by atoms with Gasteiger partial charge in [0.25, 0.3) is 0 Å². The highest BCUT2D eigenvalue weighted by atomic mass is 19.1. The van der Waals surface area contributed by atoms with E-state index in [-0.39, 0.29) is 0 Å². The summed E-state index contributed by atoms with van der Waals surface area (Å²) in [5.74, 6) is 0.808. The van der Waals surface area contributed by atoms with Crippen LogP contribution in [0.15, 0.2) is 18.3 Å². The first-order valence-electron chi connectivity index (χ1n) is 5.50. The Hall–Kier alpha value is -1.12. The Labute approximate surface area is 88.5 Å². The molecule has 2 aliphatic rings. The molecule has 0 atom stereocenters. The molecule has 3 rings (SSSR count). The number of aromatic nitrogens is 1. The maximum absolute atomic E-state index is 12.7. The zero-order chi connectivity index (χ0) is 10.3. The van der Waals surface area contributed by atoms with E-state index in [1.54, 1.807) is 6.07 Å². The number of rotatable bonds is 3. The van der Waals surface area contributed by atoms with E-state index in [1.807, 2.05) is 0 Å². The van der Waals surface area contributed by atoms with Crippen molar-refractivity contribution in [1.82, 2.24) is 4.98 Å². The van der Waals surface area contributed by atoms with E-state index in [4.69, 9.17) is 4.74 Å². The number of pyridine rings is 1. The molecule has 0 aliphatic heterocycles. The molecule has 2 nitrogen and oxygen atoms in total. The van der Waals surface area contributed by atoms with Crippen LogP contribution in [-0.4, -0.2) is 11.6 Å². The summed E-state index contributed by atoms with van der Waals surface area (Å²) in [6.45, 7) is 0.727. The Balaban J connectivity index is 1.49. The monoisotopic (exact) mass is 207 g/mol. The van der Waals surface area contributed by atoms with Crippen molar-refractivity contribution in [3.63, 3.8) is 0 Å². The Morgan fingerprint density at radius 1 is 1.47 bits per heavy atom. The molecule has 0 bridgehead atoms. The summed E-state index contributed by atoms with van der Waals surface area (Å²) in [7, 11) is 0. The quantitative estimate of drug-likeness (QED) is 0.711. The van der Waals surface area contributed by atoms with Crippen LogP contribution >= 0.6 is 0 Å². The molecule has 3 heteroatoms. The average molecular weight is 207 g/mol. The number of hydrogen-bond donors (Lipinski definition) is 0. The Morgan fingerprint density at radius 2 is 2.27 bits per heavy atom. The molecule has 2 fully saturated rings. The van der Waals surface area contributed by atoms with Crippen LogP contribution in [0.3, 0.4) is 0 Å². The lowest BCUT2D eigenvalue weighted by atomic mass is 9.72. The SMILES string of the molecule is Fc1cc(OCC2CC3(CC3)C2)ccn1. The molecule has 0 N–H and O–H groups in total. The molecule has 0 radical (unpaired) electrons. The van der Waals surface area contributed by atoms with Crippen molar-refractivity contribution < 1.29 is 9.13 Å². The fourth-order valence-corrected chi connectivity index (χ4v) is 2.56. The van der Waals surface area contributed by atoms with Crippen molar-refractivity contribution in [2.75, 3.05) is 6.61 Å². The first-order chi connectivity index (χ1) is 7.26. The van der Waals surface area contributed by atoms with Gasteiger partial charge >= 0.3 is 0 Å². The van der Waals surface area contributed by atoms with Crippen LogP contribution in [0.5, 0.6) is 5.75 Å². The van der Waals surface area contributed by atoms with Gasteiger partial charge in [0, 0.05) is 12.3 Å². The summed E-state index contributed by atoms with van der Waals surface area (Å²) in [5.41, 5.74) is 0.720. The van der Waals surface area contributed by atoms with Crippen LogP contribution in [-0.2, 0) is 0 Å². The predicted octanol–water partition coefficient (Wildman–Crippen LogP) is 2.79. The standard InChI is InChI=1S/C12H14FNO/c13-11-5-10(1-4-14-11)15-8-9-6-12(7-9)2-3-12/h1,4-5,9H,2-3,6-8H2. The lowest BCUT2D eigenvalue weighted by Crippen LogP contribution is -2.29. The van der Waals surface area contributed by atoms with Crippen molar-refractivity contribution in [1.29, 1.82) is 0 Å². The third-order valence-corrected chi connectivity index (χ3v) is 3.58. The van der Waals surface area contributed by atoms with Crippen molar-refractivity contribution in [2.45, 2.75) is 25.7 Å². The van der Waals surface area contributed by atoms with E-state index in [9.17, 15) is 4.39 Å². The zero-order valence-electron chi connectivity index (χ0n) is 8.58. The number of halogens is 1. The Bertz CT molecular complexity index is 368. The van der Waals surface area contributed by atoms with Gasteiger partial charge in [0.15, 0.2) is 0 Å². The summed E-state index contributed by atoms with van der Waals surface area (Å²) in [4.78, 5) is 3.49. The molecule has 0 saturated heterocycles. The van der Waals surface area contributed by atoms with Gasteiger partial charge in [-0.1, -0.05) is 0 Å². The maximum atomic E-state index is 12.7. The zero-order valence-corrected chi connectivity index (χ0v) is 8.58. The average Bonchev–Trinajstić information content (AvgIpc) is 2.93. The minimum Gasteiger partial charge on any atom is -0.493 e. The largest absolute Gasteiger partial charge is 0.493 e. The number of ether oxygens (including phenoxy) is 1. The molecular formula is C12H14FNO. The van der Waals surface area contributed by atoms with E-state index >= 15 is 0 Å². The minimum atomic E-state index is -0.472. The van der Waals surface area contributed by atoms with Gasteiger partial charge in [0.2, 0.25) is 5.95 Å². The van der Waals surface area contributed by atoms with Gasteiger partial charge in [-0.2, -0.15) is 4.39 Å². The molecule has 0 aromatic carbocycles. The minimum absolute atomic E-state index is 0.472. The second-order valence-electron chi connectivity index (χ2n) is 4.90. The first kappa shape index (κ1) is 9.13. The second kappa shape index (κ2) is 3.19. The predicted molar refractivity (Wildman–Crippen MR) is 54.1 cm³/mol. The molecule has 0 amide bonds. The lowest BCUT2D eigenvalue weighted by molar-refractivity contribution is 0.104. The summed E-state index contributed by atoms with van der Waals surface area (Å²) in [6, 6.07) is 3.04. The molecule has 2 saturated carbocycles. The summed E-state index contributed by atoms with van der Waals surface area (Å²) < 4.78 is 18.3. The number of nitrogens with zero attached hydrogens (tertiary/aromatic N) is 1. The van der Waals surface area contributed by atoms with Crippen molar-refractivity contribution in [3.8, 4) is 5.75 Å². The third-order valence-electron chi connectivity index (χ3n) is 3.58. The van der Waals surface area contributed by atoms with E-state index < -0.39 is 5.95 Å². The van der Waals surface area contributed by atoms with Gasteiger partial charge in [0.05, 0.1) is 6.61 Å². The van der Waals surface area contributed by atoms with Gasteiger partial charge in [-0.15, -0.1) is 0 Å². The molecular weight excluding hydrogens is 193 g/mol. The maximum Gasteiger partial charge on any atom is 0.216 e. The highest BCUT2D eigenvalue weighted by molar-refractivity contribution is 5.18. The summed E-state index contributed by atoms with van der Waals surface area (Å²) in [6.07, 6.45) is 6.87. The van der Waals surface area contributed by atoms with Crippen LogP contribution < -0.4 is 4.74 Å². The molecule has 80 valence electrons. The van der Waals surface area contributed by atoms with Crippen molar-refractivity contribution in [2.24, 2.45) is 11.3 Å². The lowest BCUT2D eigenvalue weighted by Gasteiger charge is -2.35. The van der Waals surface area contributed by atoms with Crippen LogP contribution in [0, 0.1) is 17.3 Å². The Morgan fingerprint density at radius 3 is 2.93 bits per heavy atom. The normalized spacial score (nSPS) is 22.5. The first-order valence-corrected chi connectivity index (χ1v) is 5.50. The van der Waals surface area contributed by atoms with Crippen LogP contribution in [0.1, 0.15) is 25.7 Å². The number of hydrogen-bond acceptors (Lipinski definition) is 2. The summed E-state index contributed by atoms with van der Waals surface area (Å²) in [5, 5.41) is 0. The Kier molecular flexibility index (Phi) is 1.94. The highest BCUT2D eigenvalue weighted by Gasteiger charge is 2.52. The van der Waals surface area contributed by atoms with Crippen molar-refractivity contribution in [3.05, 3.63) is 24.3 Å². The van der Waals surface area contributed by atoms with E-state index in [0.29, 0.717) is 11.7 Å². The van der Waals surface area contributed by atoms with Crippen LogP contribution in [0.2, 0.25) is 0 Å². The molecule has 1 spiro atoms. The highest BCUT2D eigenvalue weighted by Crippen LogP contribution is 2.63. The van der Waals surface area contributed by atoms with Gasteiger partial charge in [-0.05, 0) is 43.1 Å². The van der Waals surface area contributed by atoms with Crippen LogP contribution in [0.4, 0.5) is 4.39 Å². The molecule has 1 aromatic rings. The van der Waals surface area contributed by atoms with Crippen molar-refractivity contribution >= 4 is 0 Å². The van der Waals surface area contributed by atoms with E-state index in [2.05, 4.69) is 4.98 Å². The molecule has 2 aliphatic carbocycles. The summed E-state index contributed by atoms with van der Waals surface area (Å²) >= 11 is 0. The fourth-order valence-electron chi connectivity index (χ4n) is 2.56. The molecule has 1 heterocycles. The smallest absolute Gasteiger partial charge is 0.216 e. The van der Waals surface area contributed by atoms with Gasteiger partial charge in [-0.25, -0.2) is 4.98 Å². The molecule has 0 unspecified atom stereocenters. The fraction of sp³-hybridized carbons (Fsp3) is 0.583.